The molecule has 0 amide bonds. The van der Waals surface area contributed by atoms with Gasteiger partial charge in [0, 0.05) is 18.3 Å². The van der Waals surface area contributed by atoms with Crippen molar-refractivity contribution in [3.8, 4) is 5.75 Å². The number of nitrogens with zero attached hydrogens (tertiary/aromatic N) is 1. The zero-order valence-electron chi connectivity index (χ0n) is 12.9. The quantitative estimate of drug-likeness (QED) is 0.841. The van der Waals surface area contributed by atoms with Crippen LogP contribution in [-0.4, -0.2) is 26.1 Å². The molecular formula is C15H20N2O3S2. The zero-order chi connectivity index (χ0) is 16.2. The molecule has 1 aromatic heterocycles. The van der Waals surface area contributed by atoms with Gasteiger partial charge in [0.2, 0.25) is 10.0 Å². The minimum Gasteiger partial charge on any atom is -0.491 e. The van der Waals surface area contributed by atoms with E-state index in [1.165, 1.54) is 0 Å². The Labute approximate surface area is 135 Å². The molecule has 2 aromatic rings. The van der Waals surface area contributed by atoms with Crippen molar-refractivity contribution in [3.63, 3.8) is 0 Å². The molecular weight excluding hydrogens is 320 g/mol. The Hall–Kier alpha value is -1.44. The Morgan fingerprint density at radius 3 is 2.50 bits per heavy atom. The van der Waals surface area contributed by atoms with Gasteiger partial charge in [0.05, 0.1) is 21.7 Å². The molecule has 1 heterocycles. The zero-order valence-corrected chi connectivity index (χ0v) is 14.5. The lowest BCUT2D eigenvalue weighted by Crippen LogP contribution is -2.26. The Morgan fingerprint density at radius 1 is 1.27 bits per heavy atom. The molecule has 0 aliphatic carbocycles. The van der Waals surface area contributed by atoms with Crippen LogP contribution in [-0.2, 0) is 16.4 Å². The third-order valence-electron chi connectivity index (χ3n) is 2.85. The molecule has 0 atom stereocenters. The molecule has 0 bridgehead atoms. The summed E-state index contributed by atoms with van der Waals surface area (Å²) in [6.45, 7) is 6.10. The van der Waals surface area contributed by atoms with Crippen LogP contribution in [0.3, 0.4) is 0 Å². The third-order valence-corrected chi connectivity index (χ3v) is 5.14. The molecule has 120 valence electrons. The van der Waals surface area contributed by atoms with Crippen molar-refractivity contribution in [2.24, 2.45) is 0 Å². The van der Waals surface area contributed by atoms with Crippen LogP contribution in [0.15, 0.2) is 34.5 Å². The highest BCUT2D eigenvalue weighted by Gasteiger charge is 2.13. The predicted octanol–water partition coefficient (Wildman–Crippen LogP) is 2.76. The highest BCUT2D eigenvalue weighted by atomic mass is 32.2. The molecule has 0 spiro atoms. The van der Waals surface area contributed by atoms with E-state index in [1.807, 2.05) is 26.2 Å². The largest absolute Gasteiger partial charge is 0.491 e. The maximum absolute atomic E-state index is 12.2. The minimum atomic E-state index is -3.50. The van der Waals surface area contributed by atoms with Gasteiger partial charge in [0.25, 0.3) is 0 Å². The number of benzene rings is 1. The summed E-state index contributed by atoms with van der Waals surface area (Å²) in [4.78, 5) is 4.54. The van der Waals surface area contributed by atoms with Crippen molar-refractivity contribution in [2.45, 2.75) is 38.2 Å². The van der Waals surface area contributed by atoms with Crippen molar-refractivity contribution in [3.05, 3.63) is 40.3 Å². The van der Waals surface area contributed by atoms with Gasteiger partial charge in [-0.2, -0.15) is 0 Å². The van der Waals surface area contributed by atoms with E-state index in [4.69, 9.17) is 4.74 Å². The van der Waals surface area contributed by atoms with Gasteiger partial charge in [-0.15, -0.1) is 11.3 Å². The molecule has 0 saturated carbocycles. The van der Waals surface area contributed by atoms with Gasteiger partial charge in [0.1, 0.15) is 5.75 Å². The Morgan fingerprint density at radius 2 is 1.95 bits per heavy atom. The Balaban J connectivity index is 1.94. The van der Waals surface area contributed by atoms with Crippen LogP contribution in [0.5, 0.6) is 5.75 Å². The number of thiazole rings is 1. The number of rotatable bonds is 7. The lowest BCUT2D eigenvalue weighted by molar-refractivity contribution is 0.242. The van der Waals surface area contributed by atoms with Crippen LogP contribution in [0.1, 0.15) is 24.5 Å². The predicted molar refractivity (Wildman–Crippen MR) is 87.9 cm³/mol. The molecule has 1 aromatic carbocycles. The Bertz CT molecular complexity index is 707. The minimum absolute atomic E-state index is 0.0575. The topological polar surface area (TPSA) is 68.3 Å². The van der Waals surface area contributed by atoms with Crippen molar-refractivity contribution >= 4 is 21.4 Å². The van der Waals surface area contributed by atoms with Crippen LogP contribution in [0, 0.1) is 6.92 Å². The summed E-state index contributed by atoms with van der Waals surface area (Å²) in [5, 5.41) is 2.93. The summed E-state index contributed by atoms with van der Waals surface area (Å²) in [6, 6.07) is 6.43. The Kier molecular flexibility index (Phi) is 5.55. The normalized spacial score (nSPS) is 11.8. The molecule has 5 nitrogen and oxygen atoms in total. The number of aromatic nitrogens is 1. The van der Waals surface area contributed by atoms with Crippen LogP contribution in [0.2, 0.25) is 0 Å². The number of nitrogens with one attached hydrogen (secondary N) is 1. The van der Waals surface area contributed by atoms with Crippen LogP contribution in [0.25, 0.3) is 0 Å². The van der Waals surface area contributed by atoms with Gasteiger partial charge in [-0.1, -0.05) is 0 Å². The first kappa shape index (κ1) is 16.9. The van der Waals surface area contributed by atoms with Gasteiger partial charge < -0.3 is 4.74 Å². The van der Waals surface area contributed by atoms with E-state index in [2.05, 4.69) is 9.71 Å². The van der Waals surface area contributed by atoms with E-state index in [0.717, 1.165) is 10.7 Å². The second-order valence-electron chi connectivity index (χ2n) is 5.14. The number of ether oxygens (including phenoxy) is 1. The fourth-order valence-electron chi connectivity index (χ4n) is 1.89. The van der Waals surface area contributed by atoms with E-state index in [0.29, 0.717) is 18.7 Å². The van der Waals surface area contributed by atoms with E-state index < -0.39 is 10.0 Å². The second kappa shape index (κ2) is 7.21. The maximum Gasteiger partial charge on any atom is 0.240 e. The first-order valence-electron chi connectivity index (χ1n) is 7.04. The van der Waals surface area contributed by atoms with Crippen LogP contribution in [0.4, 0.5) is 0 Å². The van der Waals surface area contributed by atoms with E-state index in [-0.39, 0.29) is 11.0 Å². The third kappa shape index (κ3) is 4.79. The van der Waals surface area contributed by atoms with Crippen molar-refractivity contribution in [1.29, 1.82) is 0 Å². The summed E-state index contributed by atoms with van der Waals surface area (Å²) < 4.78 is 32.5. The number of hydrogen-bond donors (Lipinski definition) is 1. The average Bonchev–Trinajstić information content (AvgIpc) is 2.84. The van der Waals surface area contributed by atoms with Crippen LogP contribution >= 0.6 is 11.3 Å². The first-order valence-corrected chi connectivity index (χ1v) is 9.40. The average molecular weight is 340 g/mol. The van der Waals surface area contributed by atoms with Gasteiger partial charge in [-0.05, 0) is 45.0 Å². The first-order chi connectivity index (χ1) is 10.4. The molecule has 0 saturated heterocycles. The number of hydrogen-bond acceptors (Lipinski definition) is 5. The van der Waals surface area contributed by atoms with Crippen molar-refractivity contribution in [2.75, 3.05) is 6.54 Å². The molecule has 2 rings (SSSR count). The van der Waals surface area contributed by atoms with E-state index in [9.17, 15) is 8.42 Å². The summed E-state index contributed by atoms with van der Waals surface area (Å²) in [5.41, 5.74) is 0.908. The molecule has 22 heavy (non-hydrogen) atoms. The fourth-order valence-corrected chi connectivity index (χ4v) is 3.57. The van der Waals surface area contributed by atoms with Gasteiger partial charge in [-0.3, -0.25) is 0 Å². The maximum atomic E-state index is 12.2. The summed E-state index contributed by atoms with van der Waals surface area (Å²) in [5.74, 6) is 0.659. The highest BCUT2D eigenvalue weighted by Crippen LogP contribution is 2.17. The molecule has 0 radical (unpaired) electrons. The standard InChI is InChI=1S/C15H20N2O3S2/c1-11(2)20-14-4-6-15(7-5-14)22(18,19)16-9-8-13-10-21-12(3)17-13/h4-7,10-11,16H,8-9H2,1-3H3. The highest BCUT2D eigenvalue weighted by molar-refractivity contribution is 7.89. The fraction of sp³-hybridized carbons (Fsp3) is 0.400. The summed E-state index contributed by atoms with van der Waals surface area (Å²) in [6.07, 6.45) is 0.639. The second-order valence-corrected chi connectivity index (χ2v) is 7.97. The number of sulfonamides is 1. The molecule has 7 heteroatoms. The van der Waals surface area contributed by atoms with Crippen molar-refractivity contribution < 1.29 is 13.2 Å². The van der Waals surface area contributed by atoms with Crippen LogP contribution < -0.4 is 9.46 Å². The van der Waals surface area contributed by atoms with Gasteiger partial charge >= 0.3 is 0 Å². The molecule has 0 aliphatic rings. The molecule has 1 N–H and O–H groups in total. The molecule has 0 unspecified atom stereocenters. The van der Waals surface area contributed by atoms with E-state index in [1.54, 1.807) is 35.6 Å². The monoisotopic (exact) mass is 340 g/mol. The smallest absolute Gasteiger partial charge is 0.240 e. The lowest BCUT2D eigenvalue weighted by atomic mass is 10.3. The van der Waals surface area contributed by atoms with E-state index >= 15 is 0 Å². The SMILES string of the molecule is Cc1nc(CCNS(=O)(=O)c2ccc(OC(C)C)cc2)cs1. The molecule has 0 fully saturated rings. The summed E-state index contributed by atoms with van der Waals surface area (Å²) >= 11 is 1.56. The summed E-state index contributed by atoms with van der Waals surface area (Å²) in [7, 11) is -3.50. The van der Waals surface area contributed by atoms with Gasteiger partial charge in [0.15, 0.2) is 0 Å². The number of aryl methyl sites for hydroxylation is 1. The van der Waals surface area contributed by atoms with Crippen molar-refractivity contribution in [1.82, 2.24) is 9.71 Å². The van der Waals surface area contributed by atoms with Gasteiger partial charge in [-0.25, -0.2) is 18.1 Å². The lowest BCUT2D eigenvalue weighted by Gasteiger charge is -2.10. The molecule has 0 aliphatic heterocycles.